The van der Waals surface area contributed by atoms with E-state index in [1.54, 1.807) is 7.11 Å². The molecule has 0 heterocycles. The van der Waals surface area contributed by atoms with Crippen molar-refractivity contribution in [2.24, 2.45) is 0 Å². The lowest BCUT2D eigenvalue weighted by Gasteiger charge is -2.13. The van der Waals surface area contributed by atoms with Crippen LogP contribution in [0.2, 0.25) is 0 Å². The summed E-state index contributed by atoms with van der Waals surface area (Å²) in [5.41, 5.74) is 1.14. The Morgan fingerprint density at radius 3 is 2.83 bits per heavy atom. The maximum Gasteiger partial charge on any atom is 0.189 e. The first-order chi connectivity index (χ1) is 8.83. The van der Waals surface area contributed by atoms with Crippen LogP contribution in [-0.4, -0.2) is 26.6 Å². The van der Waals surface area contributed by atoms with Gasteiger partial charge in [-0.25, -0.2) is 0 Å². The third-order valence-electron chi connectivity index (χ3n) is 2.93. The Morgan fingerprint density at radius 2 is 2.17 bits per heavy atom. The summed E-state index contributed by atoms with van der Waals surface area (Å²) >= 11 is 0. The molecule has 1 N–H and O–H groups in total. The summed E-state index contributed by atoms with van der Waals surface area (Å²) in [7, 11) is 1.66. The van der Waals surface area contributed by atoms with Crippen LogP contribution >= 0.6 is 0 Å². The molecule has 0 aliphatic heterocycles. The number of rotatable bonds is 8. The van der Waals surface area contributed by atoms with Crippen molar-refractivity contribution in [3.8, 4) is 11.5 Å². The fourth-order valence-corrected chi connectivity index (χ4v) is 1.67. The summed E-state index contributed by atoms with van der Waals surface area (Å²) < 4.78 is 16.1. The SMILES string of the molecule is CCOCOc1cc(OC)ccc1CNC1CC1. The minimum atomic E-state index is 0.278. The molecule has 1 saturated carbocycles. The van der Waals surface area contributed by atoms with Crippen LogP contribution in [0, 0.1) is 0 Å². The molecule has 2 rings (SSSR count). The fraction of sp³-hybridized carbons (Fsp3) is 0.571. The first-order valence-corrected chi connectivity index (χ1v) is 6.44. The maximum atomic E-state index is 5.63. The summed E-state index contributed by atoms with van der Waals surface area (Å²) in [6.07, 6.45) is 2.57. The second-order valence-electron chi connectivity index (χ2n) is 4.38. The van der Waals surface area contributed by atoms with Gasteiger partial charge in [0.25, 0.3) is 0 Å². The summed E-state index contributed by atoms with van der Waals surface area (Å²) in [5, 5.41) is 3.48. The Morgan fingerprint density at radius 1 is 1.33 bits per heavy atom. The number of hydrogen-bond acceptors (Lipinski definition) is 4. The van der Waals surface area contributed by atoms with E-state index in [0.29, 0.717) is 12.6 Å². The molecular formula is C14H21NO3. The van der Waals surface area contributed by atoms with Crippen molar-refractivity contribution in [3.05, 3.63) is 23.8 Å². The van der Waals surface area contributed by atoms with Crippen LogP contribution in [0.1, 0.15) is 25.3 Å². The van der Waals surface area contributed by atoms with Crippen molar-refractivity contribution in [1.82, 2.24) is 5.32 Å². The van der Waals surface area contributed by atoms with Crippen LogP contribution in [0.4, 0.5) is 0 Å². The molecule has 0 spiro atoms. The van der Waals surface area contributed by atoms with E-state index in [1.165, 1.54) is 12.8 Å². The Hall–Kier alpha value is -1.26. The van der Waals surface area contributed by atoms with Gasteiger partial charge >= 0.3 is 0 Å². The molecule has 0 aromatic heterocycles. The average Bonchev–Trinajstić information content (AvgIpc) is 3.21. The van der Waals surface area contributed by atoms with Crippen LogP contribution in [0.3, 0.4) is 0 Å². The van der Waals surface area contributed by atoms with Gasteiger partial charge in [0.05, 0.1) is 7.11 Å². The lowest BCUT2D eigenvalue weighted by atomic mass is 10.2. The molecule has 100 valence electrons. The number of hydrogen-bond donors (Lipinski definition) is 1. The predicted octanol–water partition coefficient (Wildman–Crippen LogP) is 2.32. The zero-order valence-electron chi connectivity index (χ0n) is 11.1. The van der Waals surface area contributed by atoms with E-state index in [4.69, 9.17) is 14.2 Å². The molecule has 0 bridgehead atoms. The van der Waals surface area contributed by atoms with Gasteiger partial charge in [0.1, 0.15) is 11.5 Å². The second kappa shape index (κ2) is 6.61. The van der Waals surface area contributed by atoms with Crippen LogP contribution in [0.15, 0.2) is 18.2 Å². The first kappa shape index (κ1) is 13.2. The highest BCUT2D eigenvalue weighted by atomic mass is 16.7. The van der Waals surface area contributed by atoms with E-state index in [-0.39, 0.29) is 6.79 Å². The Labute approximate surface area is 108 Å². The molecule has 1 aliphatic carbocycles. The molecule has 1 aliphatic rings. The highest BCUT2D eigenvalue weighted by Gasteiger charge is 2.20. The topological polar surface area (TPSA) is 39.7 Å². The van der Waals surface area contributed by atoms with E-state index >= 15 is 0 Å². The monoisotopic (exact) mass is 251 g/mol. The van der Waals surface area contributed by atoms with Crippen molar-refractivity contribution in [2.75, 3.05) is 20.5 Å². The minimum Gasteiger partial charge on any atom is -0.497 e. The molecular weight excluding hydrogens is 230 g/mol. The van der Waals surface area contributed by atoms with Crippen LogP contribution in [0.5, 0.6) is 11.5 Å². The molecule has 0 radical (unpaired) electrons. The average molecular weight is 251 g/mol. The van der Waals surface area contributed by atoms with Gasteiger partial charge in [0, 0.05) is 30.8 Å². The van der Waals surface area contributed by atoms with E-state index in [0.717, 1.165) is 23.6 Å². The minimum absolute atomic E-state index is 0.278. The van der Waals surface area contributed by atoms with Gasteiger partial charge in [-0.2, -0.15) is 0 Å². The highest BCUT2D eigenvalue weighted by Crippen LogP contribution is 2.26. The third kappa shape index (κ3) is 3.89. The third-order valence-corrected chi connectivity index (χ3v) is 2.93. The van der Waals surface area contributed by atoms with Crippen molar-refractivity contribution in [3.63, 3.8) is 0 Å². The van der Waals surface area contributed by atoms with Crippen molar-refractivity contribution in [1.29, 1.82) is 0 Å². The molecule has 0 atom stereocenters. The van der Waals surface area contributed by atoms with E-state index in [2.05, 4.69) is 5.32 Å². The van der Waals surface area contributed by atoms with E-state index < -0.39 is 0 Å². The standard InChI is InChI=1S/C14H21NO3/c1-3-17-10-18-14-8-13(16-2)7-4-11(14)9-15-12-5-6-12/h4,7-8,12,15H,3,5-6,9-10H2,1-2H3. The van der Waals surface area contributed by atoms with Gasteiger partial charge in [0.2, 0.25) is 0 Å². The molecule has 0 amide bonds. The Bertz CT molecular complexity index is 377. The van der Waals surface area contributed by atoms with E-state index in [1.807, 2.05) is 25.1 Å². The number of ether oxygens (including phenoxy) is 3. The predicted molar refractivity (Wildman–Crippen MR) is 70.0 cm³/mol. The first-order valence-electron chi connectivity index (χ1n) is 6.44. The molecule has 4 heteroatoms. The number of benzene rings is 1. The molecule has 1 fully saturated rings. The maximum absolute atomic E-state index is 5.63. The van der Waals surface area contributed by atoms with Gasteiger partial charge < -0.3 is 19.5 Å². The molecule has 1 aromatic carbocycles. The normalized spacial score (nSPS) is 14.6. The van der Waals surface area contributed by atoms with Gasteiger partial charge in [0.15, 0.2) is 6.79 Å². The highest BCUT2D eigenvalue weighted by molar-refractivity contribution is 5.40. The lowest BCUT2D eigenvalue weighted by Crippen LogP contribution is -2.16. The second-order valence-corrected chi connectivity index (χ2v) is 4.38. The zero-order chi connectivity index (χ0) is 12.8. The summed E-state index contributed by atoms with van der Waals surface area (Å²) in [6.45, 7) is 3.71. The van der Waals surface area contributed by atoms with Crippen molar-refractivity contribution >= 4 is 0 Å². The van der Waals surface area contributed by atoms with Gasteiger partial charge in [-0.1, -0.05) is 6.07 Å². The van der Waals surface area contributed by atoms with Crippen LogP contribution < -0.4 is 14.8 Å². The lowest BCUT2D eigenvalue weighted by molar-refractivity contribution is 0.0217. The number of methoxy groups -OCH3 is 1. The molecule has 4 nitrogen and oxygen atoms in total. The van der Waals surface area contributed by atoms with Gasteiger partial charge in [-0.3, -0.25) is 0 Å². The molecule has 1 aromatic rings. The van der Waals surface area contributed by atoms with Crippen LogP contribution in [-0.2, 0) is 11.3 Å². The van der Waals surface area contributed by atoms with Crippen molar-refractivity contribution in [2.45, 2.75) is 32.4 Å². The molecule has 0 saturated heterocycles. The Balaban J connectivity index is 1.99. The molecule has 18 heavy (non-hydrogen) atoms. The Kier molecular flexibility index (Phi) is 4.84. The summed E-state index contributed by atoms with van der Waals surface area (Å²) in [5.74, 6) is 1.63. The van der Waals surface area contributed by atoms with Crippen LogP contribution in [0.25, 0.3) is 0 Å². The smallest absolute Gasteiger partial charge is 0.189 e. The summed E-state index contributed by atoms with van der Waals surface area (Å²) in [6, 6.07) is 6.59. The number of nitrogens with one attached hydrogen (secondary N) is 1. The summed E-state index contributed by atoms with van der Waals surface area (Å²) in [4.78, 5) is 0. The quantitative estimate of drug-likeness (QED) is 0.568. The van der Waals surface area contributed by atoms with Crippen molar-refractivity contribution < 1.29 is 14.2 Å². The van der Waals surface area contributed by atoms with E-state index in [9.17, 15) is 0 Å². The van der Waals surface area contributed by atoms with Gasteiger partial charge in [-0.05, 0) is 25.8 Å². The zero-order valence-corrected chi connectivity index (χ0v) is 11.1. The largest absolute Gasteiger partial charge is 0.497 e. The van der Waals surface area contributed by atoms with Gasteiger partial charge in [-0.15, -0.1) is 0 Å². The fourth-order valence-electron chi connectivity index (χ4n) is 1.67. The molecule has 0 unspecified atom stereocenters.